The number of nitrogens with zero attached hydrogens (tertiary/aromatic N) is 1. The molecule has 108 valence electrons. The molecule has 0 radical (unpaired) electrons. The number of anilines is 1. The molecule has 1 amide bonds. The van der Waals surface area contributed by atoms with Gasteiger partial charge >= 0.3 is 5.97 Å². The third-order valence-electron chi connectivity index (χ3n) is 2.77. The van der Waals surface area contributed by atoms with Gasteiger partial charge in [-0.1, -0.05) is 11.6 Å². The number of esters is 1. The lowest BCUT2D eigenvalue weighted by atomic mass is 10.0. The predicted molar refractivity (Wildman–Crippen MR) is 80.3 cm³/mol. The normalized spacial score (nSPS) is 10.0. The molecule has 5 nitrogen and oxygen atoms in total. The van der Waals surface area contributed by atoms with E-state index in [4.69, 9.17) is 11.6 Å². The molecule has 1 aromatic carbocycles. The molecule has 0 bridgehead atoms. The summed E-state index contributed by atoms with van der Waals surface area (Å²) in [4.78, 5) is 26.6. The average molecular weight is 305 g/mol. The highest BCUT2D eigenvalue weighted by molar-refractivity contribution is 6.33. The molecule has 0 saturated carbocycles. The first kappa shape index (κ1) is 15.0. The minimum absolute atomic E-state index is 0.194. The number of nitrogens with one attached hydrogen (secondary N) is 1. The number of carbonyl (C=O) groups excluding carboxylic acids is 2. The average Bonchev–Trinajstić information content (AvgIpc) is 2.47. The van der Waals surface area contributed by atoms with Crippen molar-refractivity contribution in [2.75, 3.05) is 12.4 Å². The number of aromatic nitrogens is 1. The van der Waals surface area contributed by atoms with Crippen LogP contribution in [0.3, 0.4) is 0 Å². The second kappa shape index (κ2) is 6.37. The molecule has 0 aliphatic heterocycles. The summed E-state index contributed by atoms with van der Waals surface area (Å²) < 4.78 is 4.68. The number of methoxy groups -OCH3 is 1. The molecule has 0 aliphatic rings. The summed E-state index contributed by atoms with van der Waals surface area (Å²) >= 11 is 6.15. The zero-order valence-electron chi connectivity index (χ0n) is 11.5. The highest BCUT2D eigenvalue weighted by Gasteiger charge is 2.11. The van der Waals surface area contributed by atoms with Gasteiger partial charge in [0.05, 0.1) is 12.7 Å². The Bertz CT molecular complexity index is 684. The number of ether oxygens (including phenoxy) is 1. The van der Waals surface area contributed by atoms with Crippen molar-refractivity contribution in [3.05, 3.63) is 47.1 Å². The number of rotatable bonds is 3. The van der Waals surface area contributed by atoms with E-state index in [0.717, 1.165) is 5.56 Å². The second-order valence-corrected chi connectivity index (χ2v) is 4.71. The maximum absolute atomic E-state index is 11.6. The van der Waals surface area contributed by atoms with Gasteiger partial charge in [-0.15, -0.1) is 0 Å². The van der Waals surface area contributed by atoms with Gasteiger partial charge in [0, 0.05) is 29.3 Å². The Morgan fingerprint density at radius 1 is 1.24 bits per heavy atom. The van der Waals surface area contributed by atoms with E-state index in [9.17, 15) is 9.59 Å². The van der Waals surface area contributed by atoms with Crippen molar-refractivity contribution in [2.45, 2.75) is 6.92 Å². The Morgan fingerprint density at radius 2 is 2.00 bits per heavy atom. The molecule has 0 fully saturated rings. The summed E-state index contributed by atoms with van der Waals surface area (Å²) in [6.45, 7) is 1.41. The van der Waals surface area contributed by atoms with Crippen LogP contribution in [-0.2, 0) is 9.53 Å². The summed E-state index contributed by atoms with van der Waals surface area (Å²) in [7, 11) is 1.32. The van der Waals surface area contributed by atoms with Gasteiger partial charge in [0.2, 0.25) is 5.91 Å². The Hall–Kier alpha value is -2.40. The Labute approximate surface area is 126 Å². The van der Waals surface area contributed by atoms with Gasteiger partial charge in [0.25, 0.3) is 0 Å². The molecule has 6 heteroatoms. The summed E-state index contributed by atoms with van der Waals surface area (Å²) in [5.74, 6) is -0.178. The second-order valence-electron chi connectivity index (χ2n) is 4.30. The fourth-order valence-corrected chi connectivity index (χ4v) is 2.03. The largest absolute Gasteiger partial charge is 0.465 e. The van der Waals surface area contributed by atoms with Crippen molar-refractivity contribution in [1.82, 2.24) is 4.98 Å². The number of hydrogen-bond acceptors (Lipinski definition) is 4. The molecule has 21 heavy (non-hydrogen) atoms. The zero-order chi connectivity index (χ0) is 15.4. The first-order chi connectivity index (χ1) is 10.0. The molecular weight excluding hydrogens is 292 g/mol. The predicted octanol–water partition coefficient (Wildman–Crippen LogP) is 3.15. The molecule has 0 saturated heterocycles. The van der Waals surface area contributed by atoms with Crippen molar-refractivity contribution in [3.8, 4) is 11.1 Å². The third-order valence-corrected chi connectivity index (χ3v) is 3.10. The van der Waals surface area contributed by atoms with Gasteiger partial charge in [0.1, 0.15) is 5.82 Å². The van der Waals surface area contributed by atoms with Crippen molar-refractivity contribution in [3.63, 3.8) is 0 Å². The summed E-state index contributed by atoms with van der Waals surface area (Å²) in [6.07, 6.45) is 1.58. The van der Waals surface area contributed by atoms with E-state index in [2.05, 4.69) is 15.0 Å². The van der Waals surface area contributed by atoms with Crippen LogP contribution >= 0.6 is 11.6 Å². The highest BCUT2D eigenvalue weighted by Crippen LogP contribution is 2.29. The Balaban J connectivity index is 2.36. The van der Waals surface area contributed by atoms with Gasteiger partial charge in [-0.3, -0.25) is 4.79 Å². The molecule has 2 rings (SSSR count). The van der Waals surface area contributed by atoms with Crippen LogP contribution < -0.4 is 5.32 Å². The molecule has 1 heterocycles. The Morgan fingerprint density at radius 3 is 2.57 bits per heavy atom. The van der Waals surface area contributed by atoms with Gasteiger partial charge in [0.15, 0.2) is 0 Å². The van der Waals surface area contributed by atoms with Crippen LogP contribution in [0, 0.1) is 0 Å². The van der Waals surface area contributed by atoms with E-state index in [1.807, 2.05) is 0 Å². The fourth-order valence-electron chi connectivity index (χ4n) is 1.80. The number of carbonyl (C=O) groups is 2. The van der Waals surface area contributed by atoms with Gasteiger partial charge in [-0.2, -0.15) is 0 Å². The first-order valence-corrected chi connectivity index (χ1v) is 6.51. The monoisotopic (exact) mass is 304 g/mol. The molecular formula is C15H13ClN2O3. The minimum atomic E-state index is -0.434. The van der Waals surface area contributed by atoms with E-state index >= 15 is 0 Å². The molecule has 1 aromatic heterocycles. The zero-order valence-corrected chi connectivity index (χ0v) is 12.3. The standard InChI is InChI=1S/C15H13ClN2O3/c1-9(19)18-14-6-4-11(8-17-14)12-7-10(15(20)21-2)3-5-13(12)16/h3-8H,1-2H3,(H,17,18,19). The van der Waals surface area contributed by atoms with Gasteiger partial charge in [-0.05, 0) is 30.3 Å². The molecule has 0 aliphatic carbocycles. The lowest BCUT2D eigenvalue weighted by Crippen LogP contribution is -2.07. The van der Waals surface area contributed by atoms with Crippen molar-refractivity contribution < 1.29 is 14.3 Å². The van der Waals surface area contributed by atoms with Gasteiger partial charge < -0.3 is 10.1 Å². The number of pyridine rings is 1. The van der Waals surface area contributed by atoms with E-state index in [0.29, 0.717) is 22.0 Å². The number of hydrogen-bond donors (Lipinski definition) is 1. The van der Waals surface area contributed by atoms with Crippen LogP contribution in [0.15, 0.2) is 36.5 Å². The van der Waals surface area contributed by atoms with Gasteiger partial charge in [-0.25, -0.2) is 9.78 Å². The van der Waals surface area contributed by atoms with Crippen LogP contribution in [-0.4, -0.2) is 24.0 Å². The lowest BCUT2D eigenvalue weighted by Gasteiger charge is -2.08. The van der Waals surface area contributed by atoms with Crippen molar-refractivity contribution >= 4 is 29.3 Å². The molecule has 2 aromatic rings. The maximum Gasteiger partial charge on any atom is 0.337 e. The molecule has 1 N–H and O–H groups in total. The fraction of sp³-hybridized carbons (Fsp3) is 0.133. The summed E-state index contributed by atoms with van der Waals surface area (Å²) in [5, 5.41) is 3.08. The highest BCUT2D eigenvalue weighted by atomic mass is 35.5. The van der Waals surface area contributed by atoms with Crippen LogP contribution in [0.25, 0.3) is 11.1 Å². The summed E-state index contributed by atoms with van der Waals surface area (Å²) in [6, 6.07) is 8.29. The topological polar surface area (TPSA) is 68.3 Å². The lowest BCUT2D eigenvalue weighted by molar-refractivity contribution is -0.114. The van der Waals surface area contributed by atoms with Crippen molar-refractivity contribution in [2.24, 2.45) is 0 Å². The third kappa shape index (κ3) is 3.58. The molecule has 0 unspecified atom stereocenters. The summed E-state index contributed by atoms with van der Waals surface area (Å²) in [5.41, 5.74) is 1.81. The number of benzene rings is 1. The molecule has 0 spiro atoms. The first-order valence-electron chi connectivity index (χ1n) is 6.13. The Kier molecular flexibility index (Phi) is 4.55. The number of amides is 1. The smallest absolute Gasteiger partial charge is 0.337 e. The van der Waals surface area contributed by atoms with E-state index in [1.165, 1.54) is 14.0 Å². The number of halogens is 1. The van der Waals surface area contributed by atoms with Crippen LogP contribution in [0.1, 0.15) is 17.3 Å². The van der Waals surface area contributed by atoms with E-state index in [1.54, 1.807) is 36.5 Å². The quantitative estimate of drug-likeness (QED) is 0.884. The van der Waals surface area contributed by atoms with Crippen LogP contribution in [0.5, 0.6) is 0 Å². The van der Waals surface area contributed by atoms with Crippen molar-refractivity contribution in [1.29, 1.82) is 0 Å². The van der Waals surface area contributed by atoms with Crippen LogP contribution in [0.4, 0.5) is 5.82 Å². The SMILES string of the molecule is COC(=O)c1ccc(Cl)c(-c2ccc(NC(C)=O)nc2)c1. The minimum Gasteiger partial charge on any atom is -0.465 e. The van der Waals surface area contributed by atoms with Crippen LogP contribution in [0.2, 0.25) is 5.02 Å². The van der Waals surface area contributed by atoms with E-state index < -0.39 is 5.97 Å². The molecule has 0 atom stereocenters. The van der Waals surface area contributed by atoms with E-state index in [-0.39, 0.29) is 5.91 Å². The maximum atomic E-state index is 11.6.